The predicted molar refractivity (Wildman–Crippen MR) is 82.3 cm³/mol. The topological polar surface area (TPSA) is 58.6 Å². The highest BCUT2D eigenvalue weighted by Crippen LogP contribution is 2.23. The number of methoxy groups -OCH3 is 1. The Morgan fingerprint density at radius 1 is 1.50 bits per heavy atom. The first kappa shape index (κ1) is 15.0. The van der Waals surface area contributed by atoms with Crippen molar-refractivity contribution in [1.82, 2.24) is 5.32 Å². The zero-order valence-electron chi connectivity index (χ0n) is 10.8. The van der Waals surface area contributed by atoms with Gasteiger partial charge in [-0.1, -0.05) is 6.07 Å². The number of aliphatic hydroxyl groups is 1. The monoisotopic (exact) mass is 355 g/mol. The van der Waals surface area contributed by atoms with Gasteiger partial charge in [-0.05, 0) is 45.6 Å². The van der Waals surface area contributed by atoms with E-state index < -0.39 is 6.10 Å². The number of thiophene rings is 1. The predicted octanol–water partition coefficient (Wildman–Crippen LogP) is 2.98. The maximum atomic E-state index is 12.1. The van der Waals surface area contributed by atoms with Gasteiger partial charge < -0.3 is 15.2 Å². The van der Waals surface area contributed by atoms with E-state index in [2.05, 4.69) is 21.2 Å². The molecule has 0 saturated carbocycles. The van der Waals surface area contributed by atoms with Crippen LogP contribution >= 0.6 is 27.3 Å². The van der Waals surface area contributed by atoms with Crippen LogP contribution in [-0.2, 0) is 0 Å². The molecule has 0 bridgehead atoms. The summed E-state index contributed by atoms with van der Waals surface area (Å²) in [5.41, 5.74) is 0.475. The van der Waals surface area contributed by atoms with Crippen LogP contribution in [0.2, 0.25) is 0 Å². The number of nitrogens with one attached hydrogen (secondary N) is 1. The second kappa shape index (κ2) is 6.88. The van der Waals surface area contributed by atoms with Crippen LogP contribution in [0.3, 0.4) is 0 Å². The summed E-state index contributed by atoms with van der Waals surface area (Å²) in [4.78, 5) is 12.9. The van der Waals surface area contributed by atoms with Crippen molar-refractivity contribution in [3.63, 3.8) is 0 Å². The van der Waals surface area contributed by atoms with Crippen molar-refractivity contribution < 1.29 is 14.6 Å². The number of benzene rings is 1. The van der Waals surface area contributed by atoms with Gasteiger partial charge in [-0.3, -0.25) is 4.79 Å². The maximum absolute atomic E-state index is 12.1. The van der Waals surface area contributed by atoms with Crippen LogP contribution in [-0.4, -0.2) is 24.7 Å². The van der Waals surface area contributed by atoms with E-state index in [1.165, 1.54) is 11.3 Å². The van der Waals surface area contributed by atoms with E-state index in [1.54, 1.807) is 25.3 Å². The molecule has 1 unspecified atom stereocenters. The molecule has 4 nitrogen and oxygen atoms in total. The van der Waals surface area contributed by atoms with E-state index in [0.717, 1.165) is 4.88 Å². The van der Waals surface area contributed by atoms with Gasteiger partial charge >= 0.3 is 0 Å². The quantitative estimate of drug-likeness (QED) is 0.866. The van der Waals surface area contributed by atoms with E-state index >= 15 is 0 Å². The highest BCUT2D eigenvalue weighted by molar-refractivity contribution is 9.10. The third-order valence-electron chi connectivity index (χ3n) is 2.75. The van der Waals surface area contributed by atoms with Gasteiger partial charge in [0.2, 0.25) is 0 Å². The molecule has 1 aromatic heterocycles. The Morgan fingerprint density at radius 2 is 2.30 bits per heavy atom. The lowest BCUT2D eigenvalue weighted by Crippen LogP contribution is -2.28. The number of ether oxygens (including phenoxy) is 1. The molecule has 2 rings (SSSR count). The molecule has 0 radical (unpaired) electrons. The van der Waals surface area contributed by atoms with Gasteiger partial charge in [0, 0.05) is 15.9 Å². The molecule has 0 spiro atoms. The lowest BCUT2D eigenvalue weighted by Gasteiger charge is -2.11. The maximum Gasteiger partial charge on any atom is 0.252 e. The van der Waals surface area contributed by atoms with Gasteiger partial charge in [0.15, 0.2) is 0 Å². The molecule has 0 aliphatic carbocycles. The molecule has 6 heteroatoms. The summed E-state index contributed by atoms with van der Waals surface area (Å²) in [5.74, 6) is 0.350. The Kier molecular flexibility index (Phi) is 5.17. The van der Waals surface area contributed by atoms with Crippen LogP contribution in [0, 0.1) is 0 Å². The molecule has 1 atom stereocenters. The molecular weight excluding hydrogens is 342 g/mol. The molecule has 20 heavy (non-hydrogen) atoms. The summed E-state index contributed by atoms with van der Waals surface area (Å²) >= 11 is 4.79. The Morgan fingerprint density at radius 3 is 2.95 bits per heavy atom. The summed E-state index contributed by atoms with van der Waals surface area (Å²) in [6, 6.07) is 8.87. The SMILES string of the molecule is COc1ccc(Br)c(C(=O)NCC(O)c2cccs2)c1. The van der Waals surface area contributed by atoms with Crippen LogP contribution in [0.5, 0.6) is 5.75 Å². The summed E-state index contributed by atoms with van der Waals surface area (Å²) in [7, 11) is 1.55. The number of halogens is 1. The van der Waals surface area contributed by atoms with Gasteiger partial charge in [0.25, 0.3) is 5.91 Å². The zero-order valence-corrected chi connectivity index (χ0v) is 13.2. The molecule has 0 aliphatic heterocycles. The number of rotatable bonds is 5. The van der Waals surface area contributed by atoms with Gasteiger partial charge in [-0.25, -0.2) is 0 Å². The fourth-order valence-electron chi connectivity index (χ4n) is 1.67. The van der Waals surface area contributed by atoms with E-state index in [0.29, 0.717) is 15.8 Å². The van der Waals surface area contributed by atoms with Gasteiger partial charge in [-0.2, -0.15) is 0 Å². The largest absolute Gasteiger partial charge is 0.497 e. The fraction of sp³-hybridized carbons (Fsp3) is 0.214. The van der Waals surface area contributed by atoms with Crippen molar-refractivity contribution in [2.24, 2.45) is 0 Å². The smallest absolute Gasteiger partial charge is 0.252 e. The first-order chi connectivity index (χ1) is 9.61. The molecule has 0 saturated heterocycles. The average molecular weight is 356 g/mol. The Hall–Kier alpha value is -1.37. The minimum absolute atomic E-state index is 0.170. The summed E-state index contributed by atoms with van der Waals surface area (Å²) in [6.07, 6.45) is -0.691. The van der Waals surface area contributed by atoms with Gasteiger partial charge in [0.05, 0.1) is 12.7 Å². The zero-order chi connectivity index (χ0) is 14.5. The minimum Gasteiger partial charge on any atom is -0.497 e. The van der Waals surface area contributed by atoms with E-state index in [9.17, 15) is 9.90 Å². The third kappa shape index (κ3) is 3.59. The highest BCUT2D eigenvalue weighted by atomic mass is 79.9. The lowest BCUT2D eigenvalue weighted by molar-refractivity contribution is 0.0917. The van der Waals surface area contributed by atoms with Crippen molar-refractivity contribution in [2.75, 3.05) is 13.7 Å². The standard InChI is InChI=1S/C14H14BrNO3S/c1-19-9-4-5-11(15)10(7-9)14(18)16-8-12(17)13-3-2-6-20-13/h2-7,12,17H,8H2,1H3,(H,16,18). The number of hydrogen-bond acceptors (Lipinski definition) is 4. The molecule has 0 fully saturated rings. The van der Waals surface area contributed by atoms with Crippen LogP contribution in [0.1, 0.15) is 21.3 Å². The Balaban J connectivity index is 2.01. The van der Waals surface area contributed by atoms with Crippen molar-refractivity contribution >= 4 is 33.2 Å². The third-order valence-corrected chi connectivity index (χ3v) is 4.41. The molecule has 1 amide bonds. The number of aliphatic hydroxyl groups excluding tert-OH is 1. The van der Waals surface area contributed by atoms with E-state index in [-0.39, 0.29) is 12.5 Å². The van der Waals surface area contributed by atoms with Gasteiger partial charge in [-0.15, -0.1) is 11.3 Å². The van der Waals surface area contributed by atoms with Crippen LogP contribution < -0.4 is 10.1 Å². The van der Waals surface area contributed by atoms with E-state index in [4.69, 9.17) is 4.74 Å². The van der Waals surface area contributed by atoms with E-state index in [1.807, 2.05) is 17.5 Å². The molecule has 0 aliphatic rings. The molecule has 2 N–H and O–H groups in total. The van der Waals surface area contributed by atoms with Crippen molar-refractivity contribution in [2.45, 2.75) is 6.10 Å². The average Bonchev–Trinajstić information content (AvgIpc) is 2.99. The van der Waals surface area contributed by atoms with Gasteiger partial charge in [0.1, 0.15) is 11.9 Å². The normalized spacial score (nSPS) is 11.9. The minimum atomic E-state index is -0.691. The molecular formula is C14H14BrNO3S. The molecule has 106 valence electrons. The van der Waals surface area contributed by atoms with Crippen LogP contribution in [0.4, 0.5) is 0 Å². The summed E-state index contributed by atoms with van der Waals surface area (Å²) < 4.78 is 5.78. The first-order valence-corrected chi connectivity index (χ1v) is 7.62. The van der Waals surface area contributed by atoms with Crippen molar-refractivity contribution in [3.05, 3.63) is 50.6 Å². The molecule has 2 aromatic rings. The fourth-order valence-corrected chi connectivity index (χ4v) is 2.81. The van der Waals surface area contributed by atoms with Crippen LogP contribution in [0.25, 0.3) is 0 Å². The molecule has 1 aromatic carbocycles. The van der Waals surface area contributed by atoms with Crippen molar-refractivity contribution in [3.8, 4) is 5.75 Å². The Bertz CT molecular complexity index is 586. The number of amides is 1. The summed E-state index contributed by atoms with van der Waals surface area (Å²) in [5, 5.41) is 14.5. The lowest BCUT2D eigenvalue weighted by atomic mass is 10.2. The number of carbonyl (C=O) groups is 1. The highest BCUT2D eigenvalue weighted by Gasteiger charge is 2.14. The summed E-state index contributed by atoms with van der Waals surface area (Å²) in [6.45, 7) is 0.170. The first-order valence-electron chi connectivity index (χ1n) is 5.95. The second-order valence-electron chi connectivity index (χ2n) is 4.09. The second-order valence-corrected chi connectivity index (χ2v) is 5.92. The molecule has 1 heterocycles. The Labute approximate surface area is 129 Å². The van der Waals surface area contributed by atoms with Crippen molar-refractivity contribution in [1.29, 1.82) is 0 Å². The van der Waals surface area contributed by atoms with Crippen LogP contribution in [0.15, 0.2) is 40.2 Å². The number of carbonyl (C=O) groups excluding carboxylic acids is 1. The number of hydrogen-bond donors (Lipinski definition) is 2.